The van der Waals surface area contributed by atoms with Crippen molar-refractivity contribution in [3.8, 4) is 5.75 Å². The van der Waals surface area contributed by atoms with Gasteiger partial charge in [-0.1, -0.05) is 29.8 Å². The van der Waals surface area contributed by atoms with Crippen molar-refractivity contribution < 1.29 is 27.8 Å². The monoisotopic (exact) mass is 631 g/mol. The number of aryl methyl sites for hydroxylation is 1. The summed E-state index contributed by atoms with van der Waals surface area (Å²) >= 11 is 6.31. The van der Waals surface area contributed by atoms with Crippen molar-refractivity contribution in [3.05, 3.63) is 70.3 Å². The molecule has 1 aliphatic carbocycles. The minimum absolute atomic E-state index is 0.0832. The van der Waals surface area contributed by atoms with Crippen LogP contribution in [0, 0.1) is 11.8 Å². The lowest BCUT2D eigenvalue weighted by atomic mass is 9.70. The lowest BCUT2D eigenvalue weighted by Crippen LogP contribution is -2.48. The predicted octanol–water partition coefficient (Wildman–Crippen LogP) is 4.72. The average Bonchev–Trinajstić information content (AvgIpc) is 2.97. The number of hydrogen-bond donors (Lipinski definition) is 2. The first-order valence-corrected chi connectivity index (χ1v) is 16.9. The number of anilines is 1. The van der Waals surface area contributed by atoms with Crippen LogP contribution in [0.3, 0.4) is 0 Å². The van der Waals surface area contributed by atoms with E-state index in [1.54, 1.807) is 31.2 Å². The molecule has 0 radical (unpaired) electrons. The van der Waals surface area contributed by atoms with E-state index < -0.39 is 28.3 Å². The number of fused-ring (bicyclic) bond motifs is 3. The Balaban J connectivity index is 1.53. The molecule has 0 saturated heterocycles. The summed E-state index contributed by atoms with van der Waals surface area (Å²) in [6, 6.07) is 10.5. The van der Waals surface area contributed by atoms with Crippen LogP contribution in [0.1, 0.15) is 60.5 Å². The molecule has 0 aromatic heterocycles. The highest BCUT2D eigenvalue weighted by Gasteiger charge is 2.37. The Morgan fingerprint density at radius 1 is 1.14 bits per heavy atom. The van der Waals surface area contributed by atoms with Gasteiger partial charge in [0.1, 0.15) is 12.4 Å². The van der Waals surface area contributed by atoms with Crippen LogP contribution in [0.2, 0.25) is 5.02 Å². The van der Waals surface area contributed by atoms with Crippen LogP contribution in [-0.4, -0.2) is 69.2 Å². The zero-order valence-electron chi connectivity index (χ0n) is 24.9. The Hall–Kier alpha value is -2.63. The van der Waals surface area contributed by atoms with Crippen LogP contribution in [0.25, 0.3) is 0 Å². The van der Waals surface area contributed by atoms with Gasteiger partial charge in [0.25, 0.3) is 5.91 Å². The maximum atomic E-state index is 13.5. The Bertz CT molecular complexity index is 1430. The molecule has 1 amide bonds. The van der Waals surface area contributed by atoms with Gasteiger partial charge in [-0.25, -0.2) is 4.72 Å². The molecule has 2 aliphatic heterocycles. The zero-order valence-corrected chi connectivity index (χ0v) is 26.4. The van der Waals surface area contributed by atoms with Crippen LogP contribution in [-0.2, 0) is 28.0 Å². The number of rotatable bonds is 3. The molecule has 2 heterocycles. The molecule has 1 saturated carbocycles. The zero-order chi connectivity index (χ0) is 30.6. The SMILES string of the molecule is COCCN1[C@@H](C)C/C=C/[C@H](O)[C@@H]2CC[C@H]2CN2CCCCc3cc(Cl)ccc3COc3ccc(cc32)C(=O)NS1(=O)=O. The quantitative estimate of drug-likeness (QED) is 0.472. The molecule has 234 valence electrons. The van der Waals surface area contributed by atoms with Gasteiger partial charge in [-0.3, -0.25) is 4.79 Å². The number of nitrogens with one attached hydrogen (secondary N) is 1. The third-order valence-electron chi connectivity index (χ3n) is 8.96. The van der Waals surface area contributed by atoms with Crippen molar-refractivity contribution in [2.24, 2.45) is 11.8 Å². The predicted molar refractivity (Wildman–Crippen MR) is 168 cm³/mol. The van der Waals surface area contributed by atoms with E-state index in [-0.39, 0.29) is 30.6 Å². The Kier molecular flexibility index (Phi) is 10.3. The van der Waals surface area contributed by atoms with Crippen molar-refractivity contribution in [3.63, 3.8) is 0 Å². The first-order chi connectivity index (χ1) is 20.7. The maximum absolute atomic E-state index is 13.5. The summed E-state index contributed by atoms with van der Waals surface area (Å²) in [5.74, 6) is 0.296. The molecule has 1 fully saturated rings. The Morgan fingerprint density at radius 2 is 1.98 bits per heavy atom. The molecule has 0 spiro atoms. The van der Waals surface area contributed by atoms with E-state index in [1.165, 1.54) is 11.4 Å². The summed E-state index contributed by atoms with van der Waals surface area (Å²) in [4.78, 5) is 15.7. The molecule has 5 rings (SSSR count). The van der Waals surface area contributed by atoms with Crippen molar-refractivity contribution in [2.45, 2.75) is 64.2 Å². The van der Waals surface area contributed by atoms with Gasteiger partial charge in [0.15, 0.2) is 0 Å². The number of ether oxygens (including phenoxy) is 2. The fourth-order valence-electron chi connectivity index (χ4n) is 6.30. The first-order valence-electron chi connectivity index (χ1n) is 15.1. The second kappa shape index (κ2) is 14.0. The lowest BCUT2D eigenvalue weighted by Gasteiger charge is -2.42. The molecule has 43 heavy (non-hydrogen) atoms. The van der Waals surface area contributed by atoms with Gasteiger partial charge < -0.3 is 19.5 Å². The van der Waals surface area contributed by atoms with Crippen LogP contribution >= 0.6 is 11.6 Å². The highest BCUT2D eigenvalue weighted by atomic mass is 35.5. The summed E-state index contributed by atoms with van der Waals surface area (Å²) in [7, 11) is -2.69. The average molecular weight is 632 g/mol. The van der Waals surface area contributed by atoms with E-state index in [0.29, 0.717) is 30.3 Å². The van der Waals surface area contributed by atoms with Crippen molar-refractivity contribution in [2.75, 3.05) is 38.3 Å². The summed E-state index contributed by atoms with van der Waals surface area (Å²) in [5, 5.41) is 11.8. The van der Waals surface area contributed by atoms with Crippen molar-refractivity contribution in [1.29, 1.82) is 0 Å². The molecule has 3 aliphatic rings. The third kappa shape index (κ3) is 7.54. The fourth-order valence-corrected chi connectivity index (χ4v) is 7.84. The molecule has 11 heteroatoms. The minimum atomic E-state index is -4.19. The van der Waals surface area contributed by atoms with Gasteiger partial charge in [0, 0.05) is 43.4 Å². The summed E-state index contributed by atoms with van der Waals surface area (Å²) < 4.78 is 42.0. The highest BCUT2D eigenvalue weighted by Crippen LogP contribution is 2.41. The van der Waals surface area contributed by atoms with Crippen molar-refractivity contribution >= 4 is 33.4 Å². The molecule has 4 atom stereocenters. The van der Waals surface area contributed by atoms with Gasteiger partial charge in [-0.05, 0) is 98.7 Å². The second-order valence-corrected chi connectivity index (χ2v) is 13.9. The van der Waals surface area contributed by atoms with Gasteiger partial charge >= 0.3 is 10.2 Å². The van der Waals surface area contributed by atoms with E-state index in [0.717, 1.165) is 55.5 Å². The number of aliphatic hydroxyl groups is 1. The normalized spacial score (nSPS) is 27.3. The largest absolute Gasteiger partial charge is 0.487 e. The van der Waals surface area contributed by atoms with E-state index in [4.69, 9.17) is 21.1 Å². The van der Waals surface area contributed by atoms with Crippen molar-refractivity contribution in [1.82, 2.24) is 9.03 Å². The molecule has 2 aromatic carbocycles. The third-order valence-corrected chi connectivity index (χ3v) is 10.8. The van der Waals surface area contributed by atoms with Crippen LogP contribution < -0.4 is 14.4 Å². The molecule has 2 aromatic rings. The summed E-state index contributed by atoms with van der Waals surface area (Å²) in [6.07, 6.45) is 8.08. The van der Waals surface area contributed by atoms with Crippen LogP contribution in [0.5, 0.6) is 5.75 Å². The van der Waals surface area contributed by atoms with Gasteiger partial charge in [0.05, 0.1) is 18.4 Å². The number of amides is 1. The van der Waals surface area contributed by atoms with Gasteiger partial charge in [0.2, 0.25) is 0 Å². The van der Waals surface area contributed by atoms with E-state index in [2.05, 4.69) is 9.62 Å². The number of halogens is 1. The number of benzene rings is 2. The highest BCUT2D eigenvalue weighted by molar-refractivity contribution is 7.87. The molecule has 9 nitrogen and oxygen atoms in total. The first kappa shape index (κ1) is 31.8. The Labute approximate surface area is 260 Å². The Morgan fingerprint density at radius 3 is 2.74 bits per heavy atom. The standard InChI is InChI=1S/C32H42ClN3O6S/c1-22-6-5-8-30(37)28-13-10-25(28)20-35-15-4-3-7-23-18-27(33)12-9-26(23)21-42-31-14-11-24(19-29(31)35)32(38)34-43(39,40)36(22)16-17-41-2/h5,8-9,11-12,14,18-19,22,25,28,30,37H,3-4,6-7,10,13,15-17,20-21H2,1-2H3,(H,34,38)/b8-5+/t22-,25-,28+,30-/m0/s1. The topological polar surface area (TPSA) is 108 Å². The smallest absolute Gasteiger partial charge is 0.304 e. The minimum Gasteiger partial charge on any atom is -0.487 e. The number of nitrogens with zero attached hydrogens (tertiary/aromatic N) is 2. The molecule has 0 unspecified atom stereocenters. The van der Waals surface area contributed by atoms with E-state index in [9.17, 15) is 18.3 Å². The number of aliphatic hydroxyl groups excluding tert-OH is 1. The second-order valence-electron chi connectivity index (χ2n) is 11.8. The number of carbonyl (C=O) groups excluding carboxylic acids is 1. The van der Waals surface area contributed by atoms with E-state index >= 15 is 0 Å². The maximum Gasteiger partial charge on any atom is 0.304 e. The summed E-state index contributed by atoms with van der Waals surface area (Å²) in [6.45, 7) is 3.82. The summed E-state index contributed by atoms with van der Waals surface area (Å²) in [5.41, 5.74) is 3.20. The fraction of sp³-hybridized carbons (Fsp3) is 0.531. The van der Waals surface area contributed by atoms with Gasteiger partial charge in [-0.2, -0.15) is 12.7 Å². The number of carbonyl (C=O) groups is 1. The van der Waals surface area contributed by atoms with Gasteiger partial charge in [-0.15, -0.1) is 0 Å². The van der Waals surface area contributed by atoms with E-state index in [1.807, 2.05) is 24.3 Å². The molecule has 2 N–H and O–H groups in total. The molecule has 2 bridgehead atoms. The van der Waals surface area contributed by atoms with Crippen LogP contribution in [0.4, 0.5) is 5.69 Å². The number of methoxy groups -OCH3 is 1. The molecular formula is C32H42ClN3O6S. The van der Waals surface area contributed by atoms with Crippen LogP contribution in [0.15, 0.2) is 48.6 Å². The lowest BCUT2D eigenvalue weighted by molar-refractivity contribution is 0.0460. The molecular weight excluding hydrogens is 590 g/mol. The number of hydrogen-bond acceptors (Lipinski definition) is 7.